The average Bonchev–Trinajstić information content (AvgIpc) is 2.71. The minimum Gasteiger partial charge on any atom is -0.0673 e. The molecule has 1 aliphatic carbocycles. The van der Waals surface area contributed by atoms with Gasteiger partial charge in [0, 0.05) is 0 Å². The van der Waals surface area contributed by atoms with E-state index in [0.717, 1.165) is 11.8 Å². The van der Waals surface area contributed by atoms with Crippen LogP contribution >= 0.6 is 0 Å². The van der Waals surface area contributed by atoms with Crippen LogP contribution in [0.5, 0.6) is 0 Å². The second-order valence-corrected chi connectivity index (χ2v) is 6.35. The van der Waals surface area contributed by atoms with Crippen LogP contribution in [0.25, 0.3) is 0 Å². The Labute approximate surface area is 96.2 Å². The lowest BCUT2D eigenvalue weighted by Crippen LogP contribution is -2.04. The summed E-state index contributed by atoms with van der Waals surface area (Å²) in [4.78, 5) is 0. The van der Waals surface area contributed by atoms with E-state index < -0.39 is 0 Å². The summed E-state index contributed by atoms with van der Waals surface area (Å²) in [6, 6.07) is 0. The maximum absolute atomic E-state index is 2.42. The molecule has 1 fully saturated rings. The van der Waals surface area contributed by atoms with Crippen molar-refractivity contribution in [1.29, 1.82) is 0 Å². The van der Waals surface area contributed by atoms with Gasteiger partial charge in [0.15, 0.2) is 0 Å². The second kappa shape index (κ2) is 4.72. The maximum Gasteiger partial charge on any atom is -0.0104 e. The molecular formula is C15H28. The summed E-state index contributed by atoms with van der Waals surface area (Å²) in [5.41, 5.74) is 4.10. The molecule has 0 aromatic heterocycles. The molecular weight excluding hydrogens is 180 g/mol. The topological polar surface area (TPSA) is 0 Å². The Morgan fingerprint density at radius 2 is 1.80 bits per heavy atom. The van der Waals surface area contributed by atoms with Crippen molar-refractivity contribution in [2.75, 3.05) is 0 Å². The van der Waals surface area contributed by atoms with Gasteiger partial charge in [-0.15, -0.1) is 0 Å². The predicted octanol–water partition coefficient (Wildman–Crippen LogP) is 5.20. The third kappa shape index (κ3) is 3.36. The Morgan fingerprint density at radius 3 is 2.13 bits per heavy atom. The Hall–Kier alpha value is -0.260. The molecule has 0 saturated heterocycles. The zero-order chi connectivity index (χ0) is 11.6. The van der Waals surface area contributed by atoms with Gasteiger partial charge in [-0.1, -0.05) is 59.1 Å². The molecule has 0 nitrogen and oxygen atoms in total. The number of hydrogen-bond donors (Lipinski definition) is 0. The van der Waals surface area contributed by atoms with E-state index >= 15 is 0 Å². The van der Waals surface area contributed by atoms with Crippen LogP contribution in [0.4, 0.5) is 0 Å². The Morgan fingerprint density at radius 1 is 1.27 bits per heavy atom. The second-order valence-electron chi connectivity index (χ2n) is 6.35. The first-order valence-electron chi connectivity index (χ1n) is 6.60. The van der Waals surface area contributed by atoms with Gasteiger partial charge in [-0.05, 0) is 36.5 Å². The van der Waals surface area contributed by atoms with Gasteiger partial charge in [0.1, 0.15) is 0 Å². The van der Waals surface area contributed by atoms with Crippen LogP contribution in [-0.4, -0.2) is 0 Å². The first-order valence-corrected chi connectivity index (χ1v) is 6.60. The highest BCUT2D eigenvalue weighted by Crippen LogP contribution is 2.55. The lowest BCUT2D eigenvalue weighted by Gasteiger charge is -2.18. The molecule has 1 rings (SSSR count). The van der Waals surface area contributed by atoms with E-state index in [1.165, 1.54) is 25.7 Å². The smallest absolute Gasteiger partial charge is 0.0104 e. The van der Waals surface area contributed by atoms with Crippen molar-refractivity contribution in [1.82, 2.24) is 0 Å². The standard InChI is InChI=1S/C15H28/c1-7-8-12(4)13(9-11(2)3)14-10-15(14,5)6/h11-12H,7-10H2,1-6H3. The Balaban J connectivity index is 2.76. The van der Waals surface area contributed by atoms with Gasteiger partial charge in [0.25, 0.3) is 0 Å². The van der Waals surface area contributed by atoms with Crippen molar-refractivity contribution in [2.45, 2.75) is 67.2 Å². The van der Waals surface area contributed by atoms with Gasteiger partial charge in [-0.3, -0.25) is 0 Å². The SMILES string of the molecule is CCCC(C)C(CC(C)C)=C1CC1(C)C. The van der Waals surface area contributed by atoms with E-state index in [1.807, 2.05) is 0 Å². The van der Waals surface area contributed by atoms with E-state index in [-0.39, 0.29) is 0 Å². The fraction of sp³-hybridized carbons (Fsp3) is 0.867. The Kier molecular flexibility index (Phi) is 4.03. The lowest BCUT2D eigenvalue weighted by atomic mass is 9.88. The monoisotopic (exact) mass is 208 g/mol. The molecule has 1 atom stereocenters. The van der Waals surface area contributed by atoms with E-state index in [0.29, 0.717) is 5.41 Å². The minimum absolute atomic E-state index is 0.534. The van der Waals surface area contributed by atoms with Gasteiger partial charge in [0.05, 0.1) is 0 Å². The fourth-order valence-electron chi connectivity index (χ4n) is 2.61. The highest BCUT2D eigenvalue weighted by molar-refractivity contribution is 5.36. The Bertz CT molecular complexity index is 243. The molecule has 0 radical (unpaired) electrons. The molecule has 0 aromatic rings. The van der Waals surface area contributed by atoms with Crippen molar-refractivity contribution < 1.29 is 0 Å². The third-order valence-corrected chi connectivity index (χ3v) is 3.64. The van der Waals surface area contributed by atoms with E-state index in [2.05, 4.69) is 41.5 Å². The molecule has 1 unspecified atom stereocenters. The first-order chi connectivity index (χ1) is 6.88. The first kappa shape index (κ1) is 12.8. The molecule has 88 valence electrons. The quantitative estimate of drug-likeness (QED) is 0.545. The number of hydrogen-bond acceptors (Lipinski definition) is 0. The largest absolute Gasteiger partial charge is 0.0673 e. The molecule has 0 heteroatoms. The molecule has 15 heavy (non-hydrogen) atoms. The van der Waals surface area contributed by atoms with Crippen LogP contribution in [0, 0.1) is 17.3 Å². The zero-order valence-electron chi connectivity index (χ0n) is 11.5. The van der Waals surface area contributed by atoms with E-state index in [9.17, 15) is 0 Å². The van der Waals surface area contributed by atoms with Gasteiger partial charge < -0.3 is 0 Å². The highest BCUT2D eigenvalue weighted by atomic mass is 14.5. The van der Waals surface area contributed by atoms with Crippen molar-refractivity contribution in [3.8, 4) is 0 Å². The molecule has 0 aliphatic heterocycles. The summed E-state index contributed by atoms with van der Waals surface area (Å²) in [5, 5.41) is 0. The van der Waals surface area contributed by atoms with Gasteiger partial charge in [-0.25, -0.2) is 0 Å². The summed E-state index contributed by atoms with van der Waals surface area (Å²) >= 11 is 0. The number of rotatable bonds is 5. The fourth-order valence-corrected chi connectivity index (χ4v) is 2.61. The highest BCUT2D eigenvalue weighted by Gasteiger charge is 2.41. The van der Waals surface area contributed by atoms with Crippen molar-refractivity contribution >= 4 is 0 Å². The summed E-state index contributed by atoms with van der Waals surface area (Å²) in [6.07, 6.45) is 5.35. The lowest BCUT2D eigenvalue weighted by molar-refractivity contribution is 0.524. The van der Waals surface area contributed by atoms with Crippen LogP contribution in [0.3, 0.4) is 0 Å². The van der Waals surface area contributed by atoms with Crippen LogP contribution in [0.1, 0.15) is 67.2 Å². The van der Waals surface area contributed by atoms with Gasteiger partial charge in [-0.2, -0.15) is 0 Å². The van der Waals surface area contributed by atoms with Crippen molar-refractivity contribution in [3.05, 3.63) is 11.1 Å². The minimum atomic E-state index is 0.534. The van der Waals surface area contributed by atoms with Crippen LogP contribution in [0.2, 0.25) is 0 Å². The molecule has 0 spiro atoms. The van der Waals surface area contributed by atoms with Gasteiger partial charge in [0.2, 0.25) is 0 Å². The molecule has 0 N–H and O–H groups in total. The van der Waals surface area contributed by atoms with Crippen LogP contribution < -0.4 is 0 Å². The summed E-state index contributed by atoms with van der Waals surface area (Å²) < 4.78 is 0. The summed E-state index contributed by atoms with van der Waals surface area (Å²) in [6.45, 7) is 14.2. The summed E-state index contributed by atoms with van der Waals surface area (Å²) in [5.74, 6) is 1.62. The van der Waals surface area contributed by atoms with Crippen LogP contribution in [0.15, 0.2) is 11.1 Å². The maximum atomic E-state index is 2.42. The molecule has 0 heterocycles. The van der Waals surface area contributed by atoms with E-state index in [1.54, 1.807) is 11.1 Å². The molecule has 0 amide bonds. The number of allylic oxidation sites excluding steroid dienone is 2. The van der Waals surface area contributed by atoms with Crippen molar-refractivity contribution in [2.24, 2.45) is 17.3 Å². The normalized spacial score (nSPS) is 24.2. The zero-order valence-corrected chi connectivity index (χ0v) is 11.5. The molecule has 1 saturated carbocycles. The van der Waals surface area contributed by atoms with Crippen molar-refractivity contribution in [3.63, 3.8) is 0 Å². The van der Waals surface area contributed by atoms with E-state index in [4.69, 9.17) is 0 Å². The average molecular weight is 208 g/mol. The predicted molar refractivity (Wildman–Crippen MR) is 69.0 cm³/mol. The molecule has 0 aromatic carbocycles. The molecule has 0 bridgehead atoms. The molecule has 1 aliphatic rings. The third-order valence-electron chi connectivity index (χ3n) is 3.64. The summed E-state index contributed by atoms with van der Waals surface area (Å²) in [7, 11) is 0. The van der Waals surface area contributed by atoms with Crippen LogP contribution in [-0.2, 0) is 0 Å². The van der Waals surface area contributed by atoms with Gasteiger partial charge >= 0.3 is 0 Å².